The van der Waals surface area contributed by atoms with Gasteiger partial charge >= 0.3 is 11.6 Å². The van der Waals surface area contributed by atoms with Gasteiger partial charge in [-0.2, -0.15) is 0 Å². The highest BCUT2D eigenvalue weighted by atomic mass is 16.6. The molecule has 0 bridgehead atoms. The first-order valence-corrected chi connectivity index (χ1v) is 5.71. The fraction of sp³-hybridized carbons (Fsp3) is 0.700. The van der Waals surface area contributed by atoms with Crippen molar-refractivity contribution in [1.29, 1.82) is 0 Å². The number of aromatic nitrogens is 2. The number of rotatable bonds is 4. The van der Waals surface area contributed by atoms with Gasteiger partial charge in [-0.05, 0) is 19.4 Å². The molecule has 1 aromatic heterocycles. The Balaban J connectivity index is 1.95. The van der Waals surface area contributed by atoms with Crippen LogP contribution in [0.3, 0.4) is 0 Å². The van der Waals surface area contributed by atoms with Gasteiger partial charge in [0, 0.05) is 13.1 Å². The van der Waals surface area contributed by atoms with Gasteiger partial charge in [0.1, 0.15) is 12.8 Å². The lowest BCUT2D eigenvalue weighted by atomic mass is 10.1. The summed E-state index contributed by atoms with van der Waals surface area (Å²) in [5.41, 5.74) is -0.0803. The van der Waals surface area contributed by atoms with Gasteiger partial charge in [-0.15, -0.1) is 5.10 Å². The third-order valence-electron chi connectivity index (χ3n) is 2.81. The van der Waals surface area contributed by atoms with E-state index in [0.29, 0.717) is 6.61 Å². The van der Waals surface area contributed by atoms with Gasteiger partial charge in [-0.25, -0.2) is 0 Å². The van der Waals surface area contributed by atoms with Crippen molar-refractivity contribution >= 4 is 5.69 Å². The molecule has 0 amide bonds. The number of ether oxygens (including phenoxy) is 1. The summed E-state index contributed by atoms with van der Waals surface area (Å²) in [4.78, 5) is 10.3. The molecule has 1 unspecified atom stereocenters. The maximum atomic E-state index is 10.7. The molecule has 2 heterocycles. The van der Waals surface area contributed by atoms with Crippen LogP contribution in [0.4, 0.5) is 5.69 Å². The van der Waals surface area contributed by atoms with Crippen LogP contribution in [-0.4, -0.2) is 33.9 Å². The van der Waals surface area contributed by atoms with Gasteiger partial charge in [0.2, 0.25) is 0 Å². The monoisotopic (exact) mass is 240 g/mol. The fourth-order valence-electron chi connectivity index (χ4n) is 1.93. The van der Waals surface area contributed by atoms with Crippen LogP contribution in [0.15, 0.2) is 6.20 Å². The lowest BCUT2D eigenvalue weighted by Gasteiger charge is -2.22. The molecule has 1 aliphatic rings. The molecule has 0 aliphatic carbocycles. The standard InChI is InChI=1S/C10H16N4O3/c1-13-6-9(14(15)16)10(12-13)17-7-8-4-2-3-5-11-8/h6,8,11H,2-5,7H2,1H3. The number of aryl methyl sites for hydroxylation is 1. The van der Waals surface area contributed by atoms with Gasteiger partial charge < -0.3 is 10.1 Å². The van der Waals surface area contributed by atoms with Gasteiger partial charge in [0.25, 0.3) is 0 Å². The zero-order valence-corrected chi connectivity index (χ0v) is 9.76. The van der Waals surface area contributed by atoms with E-state index in [2.05, 4.69) is 10.4 Å². The minimum Gasteiger partial charge on any atom is -0.470 e. The predicted octanol–water partition coefficient (Wildman–Crippen LogP) is 0.849. The van der Waals surface area contributed by atoms with Crippen LogP contribution in [0, 0.1) is 10.1 Å². The van der Waals surface area contributed by atoms with E-state index in [0.717, 1.165) is 13.0 Å². The van der Waals surface area contributed by atoms with Gasteiger partial charge in [-0.3, -0.25) is 14.8 Å². The number of hydrogen-bond acceptors (Lipinski definition) is 5. The van der Waals surface area contributed by atoms with Gasteiger partial charge in [0.15, 0.2) is 0 Å². The van der Waals surface area contributed by atoms with E-state index in [4.69, 9.17) is 4.74 Å². The number of hydrogen-bond donors (Lipinski definition) is 1. The van der Waals surface area contributed by atoms with Crippen LogP contribution >= 0.6 is 0 Å². The highest BCUT2D eigenvalue weighted by Gasteiger charge is 2.21. The van der Waals surface area contributed by atoms with Crippen molar-refractivity contribution in [3.8, 4) is 5.88 Å². The molecule has 1 N–H and O–H groups in total. The van der Waals surface area contributed by atoms with E-state index in [-0.39, 0.29) is 17.6 Å². The quantitative estimate of drug-likeness (QED) is 0.623. The van der Waals surface area contributed by atoms with Crippen LogP contribution in [0.25, 0.3) is 0 Å². The molecule has 94 valence electrons. The summed E-state index contributed by atoms with van der Waals surface area (Å²) in [6.07, 6.45) is 4.75. The summed E-state index contributed by atoms with van der Waals surface area (Å²) in [5.74, 6) is 0.102. The normalized spacial score (nSPS) is 20.2. The Bertz CT molecular complexity index is 398. The van der Waals surface area contributed by atoms with Crippen LogP contribution in [-0.2, 0) is 7.05 Å². The van der Waals surface area contributed by atoms with Crippen molar-refractivity contribution in [2.24, 2.45) is 7.05 Å². The molecule has 0 aromatic carbocycles. The molecular weight excluding hydrogens is 224 g/mol. The van der Waals surface area contributed by atoms with Crippen molar-refractivity contribution in [2.75, 3.05) is 13.2 Å². The third kappa shape index (κ3) is 2.94. The molecule has 1 aliphatic heterocycles. The number of nitro groups is 1. The summed E-state index contributed by atoms with van der Waals surface area (Å²) in [7, 11) is 1.64. The summed E-state index contributed by atoms with van der Waals surface area (Å²) in [5, 5.41) is 18.0. The highest BCUT2D eigenvalue weighted by molar-refractivity contribution is 5.38. The Morgan fingerprint density at radius 3 is 3.18 bits per heavy atom. The lowest BCUT2D eigenvalue weighted by molar-refractivity contribution is -0.386. The Kier molecular flexibility index (Phi) is 3.58. The van der Waals surface area contributed by atoms with E-state index in [1.807, 2.05) is 0 Å². The zero-order valence-electron chi connectivity index (χ0n) is 9.76. The largest absolute Gasteiger partial charge is 0.470 e. The van der Waals surface area contributed by atoms with Crippen molar-refractivity contribution in [3.05, 3.63) is 16.3 Å². The highest BCUT2D eigenvalue weighted by Crippen LogP contribution is 2.24. The molecule has 1 aromatic rings. The summed E-state index contributed by atoms with van der Waals surface area (Å²) in [6.45, 7) is 1.41. The lowest BCUT2D eigenvalue weighted by Crippen LogP contribution is -2.38. The summed E-state index contributed by atoms with van der Waals surface area (Å²) < 4.78 is 6.81. The van der Waals surface area contributed by atoms with Crippen molar-refractivity contribution in [1.82, 2.24) is 15.1 Å². The van der Waals surface area contributed by atoms with Gasteiger partial charge in [-0.1, -0.05) is 6.42 Å². The molecule has 7 heteroatoms. The Morgan fingerprint density at radius 1 is 1.71 bits per heavy atom. The topological polar surface area (TPSA) is 82.2 Å². The second kappa shape index (κ2) is 5.13. The molecule has 0 radical (unpaired) electrons. The average Bonchev–Trinajstić information content (AvgIpc) is 2.69. The first-order chi connectivity index (χ1) is 8.16. The van der Waals surface area contributed by atoms with E-state index in [1.165, 1.54) is 23.7 Å². The maximum Gasteiger partial charge on any atom is 0.350 e. The van der Waals surface area contributed by atoms with Crippen molar-refractivity contribution < 1.29 is 9.66 Å². The van der Waals surface area contributed by atoms with Crippen LogP contribution in [0.5, 0.6) is 5.88 Å². The number of nitrogens with one attached hydrogen (secondary N) is 1. The molecule has 0 spiro atoms. The molecule has 17 heavy (non-hydrogen) atoms. The minimum atomic E-state index is -0.476. The Labute approximate surface area is 98.9 Å². The SMILES string of the molecule is Cn1cc([N+](=O)[O-])c(OCC2CCCCN2)n1. The molecular formula is C10H16N4O3. The number of piperidine rings is 1. The first-order valence-electron chi connectivity index (χ1n) is 5.71. The Morgan fingerprint density at radius 2 is 2.53 bits per heavy atom. The molecule has 1 fully saturated rings. The third-order valence-corrected chi connectivity index (χ3v) is 2.81. The minimum absolute atomic E-state index is 0.0803. The predicted molar refractivity (Wildman–Crippen MR) is 61.0 cm³/mol. The average molecular weight is 240 g/mol. The molecule has 2 rings (SSSR count). The second-order valence-electron chi connectivity index (χ2n) is 4.21. The Hall–Kier alpha value is -1.63. The second-order valence-corrected chi connectivity index (χ2v) is 4.21. The van der Waals surface area contributed by atoms with Crippen LogP contribution < -0.4 is 10.1 Å². The van der Waals surface area contributed by atoms with Crippen molar-refractivity contribution in [2.45, 2.75) is 25.3 Å². The fourth-order valence-corrected chi connectivity index (χ4v) is 1.93. The van der Waals surface area contributed by atoms with E-state index >= 15 is 0 Å². The summed E-state index contributed by atoms with van der Waals surface area (Å²) in [6, 6.07) is 0.269. The van der Waals surface area contributed by atoms with Crippen LogP contribution in [0.2, 0.25) is 0 Å². The maximum absolute atomic E-state index is 10.7. The zero-order chi connectivity index (χ0) is 12.3. The number of nitrogens with zero attached hydrogens (tertiary/aromatic N) is 3. The molecule has 0 saturated carbocycles. The molecule has 7 nitrogen and oxygen atoms in total. The van der Waals surface area contributed by atoms with E-state index in [1.54, 1.807) is 7.05 Å². The van der Waals surface area contributed by atoms with E-state index in [9.17, 15) is 10.1 Å². The molecule has 1 atom stereocenters. The molecule has 1 saturated heterocycles. The smallest absolute Gasteiger partial charge is 0.350 e. The van der Waals surface area contributed by atoms with Crippen molar-refractivity contribution in [3.63, 3.8) is 0 Å². The van der Waals surface area contributed by atoms with Crippen LogP contribution in [0.1, 0.15) is 19.3 Å². The summed E-state index contributed by atoms with van der Waals surface area (Å²) >= 11 is 0. The van der Waals surface area contributed by atoms with Gasteiger partial charge in [0.05, 0.1) is 4.92 Å². The van der Waals surface area contributed by atoms with E-state index < -0.39 is 4.92 Å². The first kappa shape index (κ1) is 11.8.